The van der Waals surface area contributed by atoms with Crippen molar-refractivity contribution in [1.82, 2.24) is 4.98 Å². The van der Waals surface area contributed by atoms with Crippen molar-refractivity contribution in [2.75, 3.05) is 11.1 Å². The molecular weight excluding hydrogens is 294 g/mol. The van der Waals surface area contributed by atoms with E-state index >= 15 is 0 Å². The van der Waals surface area contributed by atoms with Crippen molar-refractivity contribution in [2.45, 2.75) is 6.92 Å². The van der Waals surface area contributed by atoms with E-state index in [4.69, 9.17) is 5.73 Å². The molecular formula is C13H12BrN3O. The minimum Gasteiger partial charge on any atom is -0.398 e. The van der Waals surface area contributed by atoms with Crippen LogP contribution in [0.15, 0.2) is 41.1 Å². The van der Waals surface area contributed by atoms with Gasteiger partial charge in [-0.1, -0.05) is 11.6 Å². The quantitative estimate of drug-likeness (QED) is 0.662. The van der Waals surface area contributed by atoms with Gasteiger partial charge < -0.3 is 11.1 Å². The second-order valence-electron chi connectivity index (χ2n) is 3.91. The lowest BCUT2D eigenvalue weighted by atomic mass is 10.1. The van der Waals surface area contributed by atoms with Gasteiger partial charge in [-0.3, -0.25) is 4.79 Å². The monoisotopic (exact) mass is 305 g/mol. The van der Waals surface area contributed by atoms with Gasteiger partial charge in [0.1, 0.15) is 4.60 Å². The van der Waals surface area contributed by atoms with E-state index in [9.17, 15) is 4.79 Å². The predicted molar refractivity (Wildman–Crippen MR) is 75.5 cm³/mol. The average molecular weight is 306 g/mol. The molecule has 5 heteroatoms. The molecule has 1 aromatic carbocycles. The van der Waals surface area contributed by atoms with Crippen LogP contribution in [0.4, 0.5) is 11.4 Å². The number of nitrogens with one attached hydrogen (secondary N) is 1. The lowest BCUT2D eigenvalue weighted by Gasteiger charge is -2.08. The highest BCUT2D eigenvalue weighted by molar-refractivity contribution is 9.10. The van der Waals surface area contributed by atoms with Gasteiger partial charge in [0.25, 0.3) is 5.91 Å². The van der Waals surface area contributed by atoms with Crippen LogP contribution in [0.2, 0.25) is 0 Å². The van der Waals surface area contributed by atoms with E-state index in [-0.39, 0.29) is 5.91 Å². The number of benzene rings is 1. The Hall–Kier alpha value is -1.88. The van der Waals surface area contributed by atoms with Crippen molar-refractivity contribution >= 4 is 33.2 Å². The standard InChI is InChI=1S/C13H12BrN3O/c1-8-2-4-11(15)10(6-8)13(18)17-9-3-5-12(14)16-7-9/h2-7H,15H2,1H3,(H,17,18). The zero-order chi connectivity index (χ0) is 13.1. The summed E-state index contributed by atoms with van der Waals surface area (Å²) in [6.07, 6.45) is 1.58. The van der Waals surface area contributed by atoms with Crippen LogP contribution in [0, 0.1) is 6.92 Å². The molecule has 1 heterocycles. The van der Waals surface area contributed by atoms with Crippen LogP contribution in [0.25, 0.3) is 0 Å². The van der Waals surface area contributed by atoms with Gasteiger partial charge in [0.2, 0.25) is 0 Å². The molecule has 0 atom stereocenters. The summed E-state index contributed by atoms with van der Waals surface area (Å²) in [6, 6.07) is 8.88. The summed E-state index contributed by atoms with van der Waals surface area (Å²) < 4.78 is 0.718. The summed E-state index contributed by atoms with van der Waals surface area (Å²) in [7, 11) is 0. The molecule has 2 aromatic rings. The summed E-state index contributed by atoms with van der Waals surface area (Å²) >= 11 is 3.23. The Kier molecular flexibility index (Phi) is 3.62. The molecule has 0 spiro atoms. The topological polar surface area (TPSA) is 68.0 Å². The van der Waals surface area contributed by atoms with Crippen molar-refractivity contribution in [3.63, 3.8) is 0 Å². The Morgan fingerprint density at radius 3 is 2.78 bits per heavy atom. The van der Waals surface area contributed by atoms with E-state index < -0.39 is 0 Å². The van der Waals surface area contributed by atoms with Crippen molar-refractivity contribution < 1.29 is 4.79 Å². The number of pyridine rings is 1. The maximum Gasteiger partial charge on any atom is 0.257 e. The largest absolute Gasteiger partial charge is 0.398 e. The zero-order valence-electron chi connectivity index (χ0n) is 9.77. The van der Waals surface area contributed by atoms with Crippen LogP contribution in [0.3, 0.4) is 0 Å². The molecule has 1 amide bonds. The number of nitrogen functional groups attached to an aromatic ring is 1. The number of anilines is 2. The van der Waals surface area contributed by atoms with Gasteiger partial charge in [0.05, 0.1) is 17.4 Å². The number of hydrogen-bond acceptors (Lipinski definition) is 3. The number of rotatable bonds is 2. The number of amides is 1. The van der Waals surface area contributed by atoms with Crippen molar-refractivity contribution in [2.24, 2.45) is 0 Å². The number of aromatic nitrogens is 1. The van der Waals surface area contributed by atoms with E-state index in [0.29, 0.717) is 16.9 Å². The summed E-state index contributed by atoms with van der Waals surface area (Å²) in [5, 5.41) is 2.75. The van der Waals surface area contributed by atoms with Gasteiger partial charge >= 0.3 is 0 Å². The second-order valence-corrected chi connectivity index (χ2v) is 4.73. The fourth-order valence-corrected chi connectivity index (χ4v) is 1.75. The van der Waals surface area contributed by atoms with Crippen LogP contribution in [0.5, 0.6) is 0 Å². The van der Waals surface area contributed by atoms with Crippen molar-refractivity contribution in [3.8, 4) is 0 Å². The van der Waals surface area contributed by atoms with Crippen LogP contribution in [-0.4, -0.2) is 10.9 Å². The first-order chi connectivity index (χ1) is 8.56. The van der Waals surface area contributed by atoms with Gasteiger partial charge in [-0.05, 0) is 47.1 Å². The summed E-state index contributed by atoms with van der Waals surface area (Å²) in [6.45, 7) is 1.91. The molecule has 0 unspecified atom stereocenters. The molecule has 0 fully saturated rings. The minimum atomic E-state index is -0.236. The molecule has 0 aliphatic heterocycles. The van der Waals surface area contributed by atoms with Crippen LogP contribution >= 0.6 is 15.9 Å². The summed E-state index contributed by atoms with van der Waals surface area (Å²) in [4.78, 5) is 16.1. The van der Waals surface area contributed by atoms with E-state index in [1.165, 1.54) is 0 Å². The third-order valence-corrected chi connectivity index (χ3v) is 2.91. The molecule has 0 aliphatic carbocycles. The Morgan fingerprint density at radius 1 is 1.33 bits per heavy atom. The SMILES string of the molecule is Cc1ccc(N)c(C(=O)Nc2ccc(Br)nc2)c1. The summed E-state index contributed by atoms with van der Waals surface area (Å²) in [5.41, 5.74) is 8.33. The zero-order valence-corrected chi connectivity index (χ0v) is 11.4. The highest BCUT2D eigenvalue weighted by atomic mass is 79.9. The molecule has 0 bridgehead atoms. The molecule has 0 saturated heterocycles. The Labute approximate surface area is 113 Å². The molecule has 4 nitrogen and oxygen atoms in total. The van der Waals surface area contributed by atoms with Gasteiger partial charge in [-0.25, -0.2) is 4.98 Å². The van der Waals surface area contributed by atoms with Gasteiger partial charge in [0.15, 0.2) is 0 Å². The molecule has 1 aromatic heterocycles. The number of carbonyl (C=O) groups is 1. The maximum absolute atomic E-state index is 12.0. The maximum atomic E-state index is 12.0. The normalized spacial score (nSPS) is 10.1. The minimum absolute atomic E-state index is 0.236. The predicted octanol–water partition coefficient (Wildman–Crippen LogP) is 2.99. The van der Waals surface area contributed by atoms with Gasteiger partial charge in [0, 0.05) is 5.69 Å². The van der Waals surface area contributed by atoms with E-state index in [1.807, 2.05) is 13.0 Å². The number of nitrogens with zero attached hydrogens (tertiary/aromatic N) is 1. The number of carbonyl (C=O) groups excluding carboxylic acids is 1. The highest BCUT2D eigenvalue weighted by Gasteiger charge is 2.10. The van der Waals surface area contributed by atoms with E-state index in [1.54, 1.807) is 30.5 Å². The lowest BCUT2D eigenvalue weighted by Crippen LogP contribution is -2.14. The number of hydrogen-bond donors (Lipinski definition) is 2. The molecule has 3 N–H and O–H groups in total. The number of aryl methyl sites for hydroxylation is 1. The van der Waals surface area contributed by atoms with Crippen LogP contribution in [0.1, 0.15) is 15.9 Å². The third-order valence-electron chi connectivity index (χ3n) is 2.44. The highest BCUT2D eigenvalue weighted by Crippen LogP contribution is 2.16. The van der Waals surface area contributed by atoms with Gasteiger partial charge in [-0.15, -0.1) is 0 Å². The molecule has 0 aliphatic rings. The Balaban J connectivity index is 2.21. The Morgan fingerprint density at radius 2 is 2.11 bits per heavy atom. The smallest absolute Gasteiger partial charge is 0.257 e. The fourth-order valence-electron chi connectivity index (χ4n) is 1.51. The molecule has 92 valence electrons. The molecule has 0 saturated carbocycles. The van der Waals surface area contributed by atoms with Crippen LogP contribution < -0.4 is 11.1 Å². The summed E-state index contributed by atoms with van der Waals surface area (Å²) in [5.74, 6) is -0.236. The third kappa shape index (κ3) is 2.87. The molecule has 18 heavy (non-hydrogen) atoms. The van der Waals surface area contributed by atoms with Crippen molar-refractivity contribution in [1.29, 1.82) is 0 Å². The first-order valence-corrected chi connectivity index (χ1v) is 6.14. The first-order valence-electron chi connectivity index (χ1n) is 5.35. The first kappa shape index (κ1) is 12.6. The Bertz CT molecular complexity index is 581. The van der Waals surface area contributed by atoms with E-state index in [0.717, 1.165) is 10.2 Å². The van der Waals surface area contributed by atoms with Gasteiger partial charge in [-0.2, -0.15) is 0 Å². The van der Waals surface area contributed by atoms with Crippen LogP contribution in [-0.2, 0) is 0 Å². The number of halogens is 1. The van der Waals surface area contributed by atoms with E-state index in [2.05, 4.69) is 26.2 Å². The number of nitrogens with two attached hydrogens (primary N) is 1. The molecule has 0 radical (unpaired) electrons. The molecule has 2 rings (SSSR count). The average Bonchev–Trinajstić information content (AvgIpc) is 2.35. The van der Waals surface area contributed by atoms with Crippen molar-refractivity contribution in [3.05, 3.63) is 52.3 Å². The second kappa shape index (κ2) is 5.18. The fraction of sp³-hybridized carbons (Fsp3) is 0.0769. The lowest BCUT2D eigenvalue weighted by molar-refractivity contribution is 0.102.